The number of benzene rings is 1. The Balaban J connectivity index is 2.32. The van der Waals surface area contributed by atoms with Gasteiger partial charge in [-0.3, -0.25) is 0 Å². The molecule has 0 fully saturated rings. The first kappa shape index (κ1) is 17.6. The van der Waals surface area contributed by atoms with Crippen LogP contribution in [0.5, 0.6) is 0 Å². The van der Waals surface area contributed by atoms with Gasteiger partial charge in [0.25, 0.3) is 0 Å². The molecule has 0 bridgehead atoms. The molecule has 5 heteroatoms. The number of hydrogen-bond acceptors (Lipinski definition) is 4. The van der Waals surface area contributed by atoms with Gasteiger partial charge in [0.2, 0.25) is 0 Å². The van der Waals surface area contributed by atoms with Crippen molar-refractivity contribution < 1.29 is 23.5 Å². The summed E-state index contributed by atoms with van der Waals surface area (Å²) in [4.78, 5) is 22.6. The second-order valence-electron chi connectivity index (χ2n) is 4.72. The first-order valence-electron chi connectivity index (χ1n) is 6.84. The maximum atomic E-state index is 13.3. The minimum atomic E-state index is -0.533. The second-order valence-corrected chi connectivity index (χ2v) is 4.72. The molecule has 1 aromatic rings. The van der Waals surface area contributed by atoms with E-state index in [0.717, 1.165) is 0 Å². The Morgan fingerprint density at radius 2 is 1.95 bits per heavy atom. The van der Waals surface area contributed by atoms with Gasteiger partial charge in [-0.05, 0) is 37.1 Å². The molecule has 0 unspecified atom stereocenters. The normalized spacial score (nSPS) is 10.5. The topological polar surface area (TPSA) is 52.6 Å². The zero-order valence-electron chi connectivity index (χ0n) is 12.7. The Kier molecular flexibility index (Phi) is 7.02. The molecule has 22 heavy (non-hydrogen) atoms. The predicted octanol–water partition coefficient (Wildman–Crippen LogP) is 3.20. The van der Waals surface area contributed by atoms with Gasteiger partial charge in [-0.1, -0.05) is 18.7 Å². The predicted molar refractivity (Wildman–Crippen MR) is 81.5 cm³/mol. The fourth-order valence-electron chi connectivity index (χ4n) is 1.53. The van der Waals surface area contributed by atoms with E-state index in [1.807, 2.05) is 0 Å². The molecule has 0 aliphatic carbocycles. The third-order valence-electron chi connectivity index (χ3n) is 2.82. The molecule has 0 heterocycles. The van der Waals surface area contributed by atoms with Crippen LogP contribution in [0.15, 0.2) is 36.4 Å². The first-order chi connectivity index (χ1) is 10.4. The molecule has 0 aliphatic rings. The third kappa shape index (κ3) is 5.91. The zero-order chi connectivity index (χ0) is 16.5. The second kappa shape index (κ2) is 8.77. The number of esters is 2. The summed E-state index contributed by atoms with van der Waals surface area (Å²) in [5.41, 5.74) is 1.41. The Labute approximate surface area is 129 Å². The van der Waals surface area contributed by atoms with Crippen LogP contribution < -0.4 is 0 Å². The highest BCUT2D eigenvalue weighted by molar-refractivity contribution is 5.87. The molecule has 0 radical (unpaired) electrons. The molecule has 0 atom stereocenters. The molecular formula is C17H19FO4. The van der Waals surface area contributed by atoms with Gasteiger partial charge in [0.15, 0.2) is 0 Å². The van der Waals surface area contributed by atoms with Crippen molar-refractivity contribution in [1.29, 1.82) is 0 Å². The van der Waals surface area contributed by atoms with Gasteiger partial charge in [-0.15, -0.1) is 0 Å². The lowest BCUT2D eigenvalue weighted by Gasteiger charge is -2.04. The number of carbonyl (C=O) groups excluding carboxylic acids is 2. The van der Waals surface area contributed by atoms with Crippen molar-refractivity contribution in [2.24, 2.45) is 0 Å². The Morgan fingerprint density at radius 1 is 1.27 bits per heavy atom. The van der Waals surface area contributed by atoms with Crippen LogP contribution in [0.4, 0.5) is 4.39 Å². The Morgan fingerprint density at radius 3 is 2.64 bits per heavy atom. The maximum absolute atomic E-state index is 13.3. The fourth-order valence-corrected chi connectivity index (χ4v) is 1.53. The molecule has 0 amide bonds. The van der Waals surface area contributed by atoms with Gasteiger partial charge in [0.05, 0.1) is 13.2 Å². The number of carbonyl (C=O) groups is 2. The van der Waals surface area contributed by atoms with Crippen molar-refractivity contribution in [2.45, 2.75) is 20.3 Å². The van der Waals surface area contributed by atoms with Gasteiger partial charge < -0.3 is 9.47 Å². The number of rotatable bonds is 7. The summed E-state index contributed by atoms with van der Waals surface area (Å²) in [6.07, 6.45) is 3.14. The van der Waals surface area contributed by atoms with E-state index < -0.39 is 11.9 Å². The third-order valence-corrected chi connectivity index (χ3v) is 2.82. The number of halogens is 1. The quantitative estimate of drug-likeness (QED) is 0.441. The number of ether oxygens (including phenoxy) is 2. The van der Waals surface area contributed by atoms with Crippen LogP contribution in [0.2, 0.25) is 0 Å². The highest BCUT2D eigenvalue weighted by atomic mass is 19.1. The van der Waals surface area contributed by atoms with E-state index in [2.05, 4.69) is 6.58 Å². The minimum absolute atomic E-state index is 0.134. The molecule has 0 saturated heterocycles. The van der Waals surface area contributed by atoms with Gasteiger partial charge in [-0.2, -0.15) is 0 Å². The van der Waals surface area contributed by atoms with Crippen LogP contribution in [0.3, 0.4) is 0 Å². The summed E-state index contributed by atoms with van der Waals surface area (Å²) in [5.74, 6) is -1.32. The summed E-state index contributed by atoms with van der Waals surface area (Å²) >= 11 is 0. The molecule has 0 spiro atoms. The summed E-state index contributed by atoms with van der Waals surface area (Å²) in [5, 5.41) is 0. The average molecular weight is 306 g/mol. The van der Waals surface area contributed by atoms with Crippen LogP contribution in [0, 0.1) is 12.7 Å². The van der Waals surface area contributed by atoms with E-state index in [9.17, 15) is 14.0 Å². The van der Waals surface area contributed by atoms with Gasteiger partial charge in [-0.25, -0.2) is 14.0 Å². The largest absolute Gasteiger partial charge is 0.462 e. The highest BCUT2D eigenvalue weighted by Gasteiger charge is 2.04. The highest BCUT2D eigenvalue weighted by Crippen LogP contribution is 2.13. The van der Waals surface area contributed by atoms with Crippen molar-refractivity contribution in [1.82, 2.24) is 0 Å². The standard InChI is InChI=1S/C17H19FO4/c1-12(2)17(20)22-11-5-10-21-16(19)9-8-14-6-4-7-15(18)13(14)3/h4,6-9H,1,5,10-11H2,2-3H3/b9-8+. The van der Waals surface area contributed by atoms with E-state index in [1.54, 1.807) is 26.0 Å². The van der Waals surface area contributed by atoms with E-state index in [-0.39, 0.29) is 19.0 Å². The molecule has 0 aliphatic heterocycles. The SMILES string of the molecule is C=C(C)C(=O)OCCCOC(=O)/C=C/c1cccc(F)c1C. The van der Waals surface area contributed by atoms with Crippen LogP contribution in [-0.2, 0) is 19.1 Å². The van der Waals surface area contributed by atoms with E-state index in [0.29, 0.717) is 23.1 Å². The molecule has 1 aromatic carbocycles. The molecule has 1 rings (SSSR count). The molecule has 0 saturated carbocycles. The van der Waals surface area contributed by atoms with Gasteiger partial charge >= 0.3 is 11.9 Å². The summed E-state index contributed by atoms with van der Waals surface area (Å²) in [6.45, 7) is 6.94. The molecule has 0 N–H and O–H groups in total. The van der Waals surface area contributed by atoms with Crippen LogP contribution in [0.25, 0.3) is 6.08 Å². The summed E-state index contributed by atoms with van der Waals surface area (Å²) in [6, 6.07) is 4.64. The van der Waals surface area contributed by atoms with E-state index in [1.165, 1.54) is 18.2 Å². The number of hydrogen-bond donors (Lipinski definition) is 0. The van der Waals surface area contributed by atoms with Crippen molar-refractivity contribution in [3.8, 4) is 0 Å². The molecule has 0 aromatic heterocycles. The Bertz CT molecular complexity index is 590. The lowest BCUT2D eigenvalue weighted by Crippen LogP contribution is -2.09. The maximum Gasteiger partial charge on any atom is 0.333 e. The minimum Gasteiger partial charge on any atom is -0.462 e. The van der Waals surface area contributed by atoms with Crippen LogP contribution in [0.1, 0.15) is 24.5 Å². The van der Waals surface area contributed by atoms with Crippen LogP contribution >= 0.6 is 0 Å². The fraction of sp³-hybridized carbons (Fsp3) is 0.294. The van der Waals surface area contributed by atoms with Crippen molar-refractivity contribution in [3.05, 3.63) is 53.4 Å². The molecule has 4 nitrogen and oxygen atoms in total. The smallest absolute Gasteiger partial charge is 0.333 e. The van der Waals surface area contributed by atoms with Crippen molar-refractivity contribution >= 4 is 18.0 Å². The molecule has 118 valence electrons. The van der Waals surface area contributed by atoms with Crippen molar-refractivity contribution in [3.63, 3.8) is 0 Å². The monoisotopic (exact) mass is 306 g/mol. The molecular weight excluding hydrogens is 287 g/mol. The van der Waals surface area contributed by atoms with E-state index in [4.69, 9.17) is 9.47 Å². The average Bonchev–Trinajstić information content (AvgIpc) is 2.48. The Hall–Kier alpha value is -2.43. The zero-order valence-corrected chi connectivity index (χ0v) is 12.7. The van der Waals surface area contributed by atoms with Gasteiger partial charge in [0, 0.05) is 18.1 Å². The van der Waals surface area contributed by atoms with Gasteiger partial charge in [0.1, 0.15) is 5.82 Å². The van der Waals surface area contributed by atoms with Crippen molar-refractivity contribution in [2.75, 3.05) is 13.2 Å². The first-order valence-corrected chi connectivity index (χ1v) is 6.84. The lowest BCUT2D eigenvalue weighted by atomic mass is 10.1. The van der Waals surface area contributed by atoms with E-state index >= 15 is 0 Å². The summed E-state index contributed by atoms with van der Waals surface area (Å²) < 4.78 is 23.1. The lowest BCUT2D eigenvalue weighted by molar-refractivity contribution is -0.140. The summed E-state index contributed by atoms with van der Waals surface area (Å²) in [7, 11) is 0. The van der Waals surface area contributed by atoms with Crippen LogP contribution in [-0.4, -0.2) is 25.2 Å².